The van der Waals surface area contributed by atoms with E-state index >= 15 is 0 Å². The number of aliphatic imine (C=N–C) groups is 1. The van der Waals surface area contributed by atoms with E-state index in [-0.39, 0.29) is 11.8 Å². The highest BCUT2D eigenvalue weighted by Gasteiger charge is 2.17. The van der Waals surface area contributed by atoms with Crippen molar-refractivity contribution in [1.82, 2.24) is 15.4 Å². The summed E-state index contributed by atoms with van der Waals surface area (Å²) in [6.07, 6.45) is 4.88. The number of hydrogen-bond acceptors (Lipinski definition) is 3. The molecule has 0 radical (unpaired) electrons. The van der Waals surface area contributed by atoms with Gasteiger partial charge in [0.25, 0.3) is 0 Å². The van der Waals surface area contributed by atoms with Crippen molar-refractivity contribution in [2.24, 2.45) is 4.99 Å². The fraction of sp³-hybridized carbons (Fsp3) is 0.611. The number of sulfonamides is 1. The van der Waals surface area contributed by atoms with Crippen molar-refractivity contribution in [1.29, 1.82) is 0 Å². The SMILES string of the molecule is CN=C(NCc1ccccc1CS(=O)(=O)NC(C)C)NC1CCCC1. The first-order valence-electron chi connectivity index (χ1n) is 8.93. The maximum absolute atomic E-state index is 12.2. The van der Waals surface area contributed by atoms with E-state index < -0.39 is 10.0 Å². The summed E-state index contributed by atoms with van der Waals surface area (Å²) in [5, 5.41) is 6.74. The maximum Gasteiger partial charge on any atom is 0.216 e. The first-order valence-corrected chi connectivity index (χ1v) is 10.6. The lowest BCUT2D eigenvalue weighted by atomic mass is 10.1. The molecule has 0 aromatic heterocycles. The molecule has 0 spiro atoms. The molecule has 25 heavy (non-hydrogen) atoms. The second-order valence-electron chi connectivity index (χ2n) is 6.85. The third kappa shape index (κ3) is 6.66. The summed E-state index contributed by atoms with van der Waals surface area (Å²) in [5.74, 6) is 0.752. The van der Waals surface area contributed by atoms with E-state index in [1.165, 1.54) is 25.7 Å². The molecule has 6 nitrogen and oxygen atoms in total. The number of hydrogen-bond donors (Lipinski definition) is 3. The first-order chi connectivity index (χ1) is 11.9. The highest BCUT2D eigenvalue weighted by atomic mass is 32.2. The summed E-state index contributed by atoms with van der Waals surface area (Å²) in [7, 11) is -1.59. The number of nitrogens with one attached hydrogen (secondary N) is 3. The van der Waals surface area contributed by atoms with E-state index in [9.17, 15) is 8.42 Å². The topological polar surface area (TPSA) is 82.6 Å². The summed E-state index contributed by atoms with van der Waals surface area (Å²) in [6, 6.07) is 7.99. The number of rotatable bonds is 7. The average molecular weight is 367 g/mol. The van der Waals surface area contributed by atoms with Gasteiger partial charge >= 0.3 is 0 Å². The second kappa shape index (κ2) is 9.20. The molecule has 0 aliphatic heterocycles. The van der Waals surface area contributed by atoms with Crippen molar-refractivity contribution >= 4 is 16.0 Å². The van der Waals surface area contributed by atoms with Gasteiger partial charge in [0.05, 0.1) is 5.75 Å². The zero-order chi connectivity index (χ0) is 18.3. The Kier molecular flexibility index (Phi) is 7.25. The standard InChI is InChI=1S/C18H30N4O2S/c1-14(2)22-25(23,24)13-16-9-5-4-8-15(16)12-20-18(19-3)21-17-10-6-7-11-17/h4-5,8-9,14,17,22H,6-7,10-13H2,1-3H3,(H2,19,20,21). The van der Waals surface area contributed by atoms with E-state index in [1.807, 2.05) is 38.1 Å². The van der Waals surface area contributed by atoms with Crippen LogP contribution < -0.4 is 15.4 Å². The zero-order valence-electron chi connectivity index (χ0n) is 15.4. The third-order valence-electron chi connectivity index (χ3n) is 4.25. The Bertz CT molecular complexity index is 680. The Labute approximate surface area is 151 Å². The molecule has 0 heterocycles. The Balaban J connectivity index is 1.99. The van der Waals surface area contributed by atoms with Crippen LogP contribution in [0.1, 0.15) is 50.7 Å². The minimum Gasteiger partial charge on any atom is -0.354 e. The number of benzene rings is 1. The van der Waals surface area contributed by atoms with E-state index in [0.717, 1.165) is 17.1 Å². The van der Waals surface area contributed by atoms with E-state index in [4.69, 9.17) is 0 Å². The van der Waals surface area contributed by atoms with Crippen molar-refractivity contribution in [2.45, 2.75) is 63.9 Å². The van der Waals surface area contributed by atoms with Gasteiger partial charge in [0.15, 0.2) is 5.96 Å². The molecule has 1 aliphatic rings. The van der Waals surface area contributed by atoms with Crippen LogP contribution in [-0.2, 0) is 22.3 Å². The molecule has 140 valence electrons. The molecular weight excluding hydrogens is 336 g/mol. The predicted molar refractivity (Wildman–Crippen MR) is 103 cm³/mol. The quantitative estimate of drug-likeness (QED) is 0.510. The van der Waals surface area contributed by atoms with Crippen molar-refractivity contribution < 1.29 is 8.42 Å². The van der Waals surface area contributed by atoms with Crippen LogP contribution >= 0.6 is 0 Å². The molecule has 0 bridgehead atoms. The molecule has 0 amide bonds. The number of nitrogens with zero attached hydrogens (tertiary/aromatic N) is 1. The summed E-state index contributed by atoms with van der Waals surface area (Å²) < 4.78 is 27.1. The molecule has 2 rings (SSSR count). The lowest BCUT2D eigenvalue weighted by Gasteiger charge is -2.18. The van der Waals surface area contributed by atoms with Crippen LogP contribution in [0.4, 0.5) is 0 Å². The molecule has 0 unspecified atom stereocenters. The van der Waals surface area contributed by atoms with E-state index in [1.54, 1.807) is 7.05 Å². The van der Waals surface area contributed by atoms with Gasteiger partial charge in [-0.2, -0.15) is 0 Å². The lowest BCUT2D eigenvalue weighted by molar-refractivity contribution is 0.568. The van der Waals surface area contributed by atoms with Gasteiger partial charge < -0.3 is 10.6 Å². The number of guanidine groups is 1. The van der Waals surface area contributed by atoms with Crippen LogP contribution in [0.15, 0.2) is 29.3 Å². The summed E-state index contributed by atoms with van der Waals surface area (Å²) in [6.45, 7) is 4.19. The summed E-state index contributed by atoms with van der Waals surface area (Å²) in [4.78, 5) is 4.27. The predicted octanol–water partition coefficient (Wildman–Crippen LogP) is 2.12. The lowest BCUT2D eigenvalue weighted by Crippen LogP contribution is -2.42. The van der Waals surface area contributed by atoms with Gasteiger partial charge in [-0.1, -0.05) is 37.1 Å². The fourth-order valence-electron chi connectivity index (χ4n) is 3.11. The Morgan fingerprint density at radius 2 is 1.84 bits per heavy atom. The highest BCUT2D eigenvalue weighted by molar-refractivity contribution is 7.88. The second-order valence-corrected chi connectivity index (χ2v) is 8.61. The van der Waals surface area contributed by atoms with Gasteiger partial charge in [0, 0.05) is 25.7 Å². The largest absolute Gasteiger partial charge is 0.354 e. The fourth-order valence-corrected chi connectivity index (χ4v) is 4.61. The van der Waals surface area contributed by atoms with Gasteiger partial charge in [-0.25, -0.2) is 13.1 Å². The molecule has 1 fully saturated rings. The summed E-state index contributed by atoms with van der Waals surface area (Å²) in [5.41, 5.74) is 1.77. The molecular formula is C18H30N4O2S. The van der Waals surface area contributed by atoms with Crippen LogP contribution in [0.3, 0.4) is 0 Å². The first kappa shape index (κ1) is 19.7. The Hall–Kier alpha value is -1.60. The Morgan fingerprint density at radius 1 is 1.20 bits per heavy atom. The minimum absolute atomic E-state index is 0.0162. The molecule has 0 saturated heterocycles. The average Bonchev–Trinajstić information content (AvgIpc) is 3.04. The normalized spacial score (nSPS) is 16.4. The smallest absolute Gasteiger partial charge is 0.216 e. The monoisotopic (exact) mass is 366 g/mol. The highest BCUT2D eigenvalue weighted by Crippen LogP contribution is 2.17. The van der Waals surface area contributed by atoms with Crippen LogP contribution in [0.2, 0.25) is 0 Å². The molecule has 3 N–H and O–H groups in total. The van der Waals surface area contributed by atoms with Gasteiger partial charge in [-0.15, -0.1) is 0 Å². The van der Waals surface area contributed by atoms with Crippen LogP contribution in [-0.4, -0.2) is 33.5 Å². The molecule has 7 heteroatoms. The zero-order valence-corrected chi connectivity index (χ0v) is 16.2. The van der Waals surface area contributed by atoms with Crippen molar-refractivity contribution in [3.05, 3.63) is 35.4 Å². The molecule has 1 aliphatic carbocycles. The van der Waals surface area contributed by atoms with Gasteiger partial charge in [-0.05, 0) is 37.8 Å². The minimum atomic E-state index is -3.34. The summed E-state index contributed by atoms with van der Waals surface area (Å²) >= 11 is 0. The van der Waals surface area contributed by atoms with Crippen LogP contribution in [0.5, 0.6) is 0 Å². The van der Waals surface area contributed by atoms with Crippen LogP contribution in [0.25, 0.3) is 0 Å². The third-order valence-corrected chi connectivity index (χ3v) is 5.77. The van der Waals surface area contributed by atoms with Crippen molar-refractivity contribution in [3.63, 3.8) is 0 Å². The van der Waals surface area contributed by atoms with Gasteiger partial charge in [-0.3, -0.25) is 4.99 Å². The Morgan fingerprint density at radius 3 is 2.44 bits per heavy atom. The van der Waals surface area contributed by atoms with Gasteiger partial charge in [0.2, 0.25) is 10.0 Å². The van der Waals surface area contributed by atoms with Crippen molar-refractivity contribution in [2.75, 3.05) is 7.05 Å². The maximum atomic E-state index is 12.2. The van der Waals surface area contributed by atoms with Crippen LogP contribution in [0, 0.1) is 0 Å². The van der Waals surface area contributed by atoms with E-state index in [0.29, 0.717) is 12.6 Å². The molecule has 1 saturated carbocycles. The van der Waals surface area contributed by atoms with Gasteiger partial charge in [0.1, 0.15) is 0 Å². The van der Waals surface area contributed by atoms with E-state index in [2.05, 4.69) is 20.3 Å². The molecule has 0 atom stereocenters. The molecule has 1 aromatic carbocycles. The molecule has 1 aromatic rings. The van der Waals surface area contributed by atoms with Crippen molar-refractivity contribution in [3.8, 4) is 0 Å².